The van der Waals surface area contributed by atoms with Crippen LogP contribution in [0.5, 0.6) is 0 Å². The first-order chi connectivity index (χ1) is 9.02. The van der Waals surface area contributed by atoms with Gasteiger partial charge >= 0.3 is 0 Å². The molecule has 1 aromatic rings. The number of rotatable bonds is 3. The molecule has 2 rings (SSSR count). The second kappa shape index (κ2) is 6.57. The first-order valence-corrected chi connectivity index (χ1v) is 8.11. The highest BCUT2D eigenvalue weighted by Crippen LogP contribution is 2.40. The monoisotopic (exact) mass is 344 g/mol. The summed E-state index contributed by atoms with van der Waals surface area (Å²) in [5.41, 5.74) is 4.18. The molecule has 4 unspecified atom stereocenters. The molecule has 4 atom stereocenters. The van der Waals surface area contributed by atoms with Crippen LogP contribution in [0.1, 0.15) is 44.7 Å². The average Bonchev–Trinajstić information content (AvgIpc) is 2.39. The molecule has 0 saturated heterocycles. The van der Waals surface area contributed by atoms with E-state index in [0.29, 0.717) is 5.92 Å². The zero-order valence-corrected chi connectivity index (χ0v) is 13.8. The first-order valence-electron chi connectivity index (χ1n) is 6.94. The predicted molar refractivity (Wildman–Crippen MR) is 84.9 cm³/mol. The van der Waals surface area contributed by atoms with Gasteiger partial charge in [0, 0.05) is 10.5 Å². The van der Waals surface area contributed by atoms with Gasteiger partial charge in [-0.25, -0.2) is 0 Å². The lowest BCUT2D eigenvalue weighted by atomic mass is 9.72. The van der Waals surface area contributed by atoms with Crippen molar-refractivity contribution in [1.82, 2.24) is 5.43 Å². The summed E-state index contributed by atoms with van der Waals surface area (Å²) in [5.74, 6) is 7.98. The molecule has 2 nitrogen and oxygen atoms in total. The minimum atomic E-state index is 0.195. The fraction of sp³-hybridized carbons (Fsp3) is 0.600. The van der Waals surface area contributed by atoms with Gasteiger partial charge in [-0.1, -0.05) is 37.9 Å². The molecular weight excluding hydrogens is 324 g/mol. The summed E-state index contributed by atoms with van der Waals surface area (Å²) in [7, 11) is 0. The van der Waals surface area contributed by atoms with Gasteiger partial charge in [0.2, 0.25) is 0 Å². The molecular formula is C15H22BrClN2. The van der Waals surface area contributed by atoms with Crippen LogP contribution in [0.25, 0.3) is 0 Å². The Balaban J connectivity index is 2.17. The fourth-order valence-corrected chi connectivity index (χ4v) is 3.54. The van der Waals surface area contributed by atoms with Gasteiger partial charge in [0.25, 0.3) is 0 Å². The van der Waals surface area contributed by atoms with Crippen LogP contribution >= 0.6 is 27.5 Å². The number of hydrogen-bond donors (Lipinski definition) is 2. The first kappa shape index (κ1) is 15.3. The maximum absolute atomic E-state index is 6.19. The van der Waals surface area contributed by atoms with Gasteiger partial charge in [0.15, 0.2) is 0 Å². The second-order valence-electron chi connectivity index (χ2n) is 5.85. The molecule has 1 aromatic carbocycles. The van der Waals surface area contributed by atoms with Crippen molar-refractivity contribution < 1.29 is 0 Å². The van der Waals surface area contributed by atoms with Gasteiger partial charge in [0.05, 0.1) is 5.02 Å². The van der Waals surface area contributed by atoms with Crippen LogP contribution in [0.4, 0.5) is 0 Å². The van der Waals surface area contributed by atoms with Crippen LogP contribution in [0.15, 0.2) is 22.7 Å². The molecule has 1 aliphatic carbocycles. The molecule has 0 aromatic heterocycles. The normalized spacial score (nSPS) is 29.2. The molecule has 3 N–H and O–H groups in total. The molecule has 0 heterocycles. The highest BCUT2D eigenvalue weighted by atomic mass is 79.9. The van der Waals surface area contributed by atoms with Crippen molar-refractivity contribution in [3.63, 3.8) is 0 Å². The zero-order valence-electron chi connectivity index (χ0n) is 11.5. The number of nitrogens with one attached hydrogen (secondary N) is 1. The topological polar surface area (TPSA) is 38.0 Å². The number of benzene rings is 1. The van der Waals surface area contributed by atoms with E-state index in [2.05, 4.69) is 41.3 Å². The smallest absolute Gasteiger partial charge is 0.0551 e. The third-order valence-electron chi connectivity index (χ3n) is 4.59. The summed E-state index contributed by atoms with van der Waals surface area (Å²) < 4.78 is 0.930. The van der Waals surface area contributed by atoms with Crippen molar-refractivity contribution in [3.05, 3.63) is 33.3 Å². The number of hydrazine groups is 1. The van der Waals surface area contributed by atoms with Crippen LogP contribution in [0.3, 0.4) is 0 Å². The highest BCUT2D eigenvalue weighted by Gasteiger charge is 2.30. The van der Waals surface area contributed by atoms with Gasteiger partial charge in [-0.3, -0.25) is 11.3 Å². The molecule has 1 aliphatic rings. The maximum atomic E-state index is 6.19. The Morgan fingerprint density at radius 1 is 1.32 bits per heavy atom. The molecule has 0 bridgehead atoms. The van der Waals surface area contributed by atoms with Crippen LogP contribution in [0, 0.1) is 17.8 Å². The molecule has 0 radical (unpaired) electrons. The van der Waals surface area contributed by atoms with E-state index in [-0.39, 0.29) is 6.04 Å². The lowest BCUT2D eigenvalue weighted by molar-refractivity contribution is 0.171. The van der Waals surface area contributed by atoms with E-state index in [1.807, 2.05) is 12.1 Å². The SMILES string of the molecule is CC1CCC(C(NN)c2ccc(Br)c(Cl)c2)CC1C. The van der Waals surface area contributed by atoms with Crippen molar-refractivity contribution in [2.45, 2.75) is 39.2 Å². The van der Waals surface area contributed by atoms with E-state index >= 15 is 0 Å². The number of halogens is 2. The molecule has 0 amide bonds. The van der Waals surface area contributed by atoms with Gasteiger partial charge in [-0.2, -0.15) is 0 Å². The Kier molecular flexibility index (Phi) is 5.29. The molecule has 4 heteroatoms. The summed E-state index contributed by atoms with van der Waals surface area (Å²) in [6.07, 6.45) is 3.74. The average molecular weight is 346 g/mol. The number of hydrogen-bond acceptors (Lipinski definition) is 2. The standard InChI is InChI=1S/C15H22BrClN2/c1-9-3-4-11(7-10(9)2)15(19-18)12-5-6-13(16)14(17)8-12/h5-6,8-11,15,19H,3-4,7,18H2,1-2H3. The Bertz CT molecular complexity index is 438. The maximum Gasteiger partial charge on any atom is 0.0551 e. The zero-order chi connectivity index (χ0) is 14.0. The minimum Gasteiger partial charge on any atom is -0.271 e. The van der Waals surface area contributed by atoms with Gasteiger partial charge in [0.1, 0.15) is 0 Å². The highest BCUT2D eigenvalue weighted by molar-refractivity contribution is 9.10. The van der Waals surface area contributed by atoms with Gasteiger partial charge < -0.3 is 0 Å². The molecule has 0 spiro atoms. The third-order valence-corrected chi connectivity index (χ3v) is 5.82. The van der Waals surface area contributed by atoms with Gasteiger partial charge in [-0.05, 0) is 64.2 Å². The predicted octanol–water partition coefficient (Wildman–Crippen LogP) is 4.68. The molecule has 1 fully saturated rings. The third kappa shape index (κ3) is 3.52. The quantitative estimate of drug-likeness (QED) is 0.616. The molecule has 0 aliphatic heterocycles. The Labute approximate surface area is 129 Å². The fourth-order valence-electron chi connectivity index (χ4n) is 3.10. The summed E-state index contributed by atoms with van der Waals surface area (Å²) in [6.45, 7) is 4.70. The lowest BCUT2D eigenvalue weighted by Crippen LogP contribution is -2.36. The summed E-state index contributed by atoms with van der Waals surface area (Å²) >= 11 is 9.62. The van der Waals surface area contributed by atoms with Gasteiger partial charge in [-0.15, -0.1) is 0 Å². The van der Waals surface area contributed by atoms with E-state index in [0.717, 1.165) is 21.3 Å². The largest absolute Gasteiger partial charge is 0.271 e. The molecule has 1 saturated carbocycles. The van der Waals surface area contributed by atoms with Crippen LogP contribution in [-0.4, -0.2) is 0 Å². The summed E-state index contributed by atoms with van der Waals surface area (Å²) in [5, 5.41) is 0.745. The van der Waals surface area contributed by atoms with Crippen LogP contribution in [-0.2, 0) is 0 Å². The number of nitrogens with two attached hydrogens (primary N) is 1. The van der Waals surface area contributed by atoms with Crippen molar-refractivity contribution in [1.29, 1.82) is 0 Å². The van der Waals surface area contributed by atoms with E-state index < -0.39 is 0 Å². The van der Waals surface area contributed by atoms with Crippen LogP contribution < -0.4 is 11.3 Å². The van der Waals surface area contributed by atoms with E-state index in [4.69, 9.17) is 17.4 Å². The second-order valence-corrected chi connectivity index (χ2v) is 7.11. The molecule has 106 valence electrons. The van der Waals surface area contributed by atoms with E-state index in [1.165, 1.54) is 24.8 Å². The van der Waals surface area contributed by atoms with Crippen molar-refractivity contribution >= 4 is 27.5 Å². The lowest BCUT2D eigenvalue weighted by Gasteiger charge is -2.36. The van der Waals surface area contributed by atoms with Crippen molar-refractivity contribution in [2.24, 2.45) is 23.6 Å². The van der Waals surface area contributed by atoms with E-state index in [9.17, 15) is 0 Å². The summed E-state index contributed by atoms with van der Waals surface area (Å²) in [4.78, 5) is 0. The minimum absolute atomic E-state index is 0.195. The summed E-state index contributed by atoms with van der Waals surface area (Å²) in [6, 6.07) is 6.31. The Hall–Kier alpha value is -0.0900. The van der Waals surface area contributed by atoms with Crippen molar-refractivity contribution in [2.75, 3.05) is 0 Å². The molecule has 19 heavy (non-hydrogen) atoms. The van der Waals surface area contributed by atoms with E-state index in [1.54, 1.807) is 0 Å². The Morgan fingerprint density at radius 2 is 2.05 bits per heavy atom. The Morgan fingerprint density at radius 3 is 2.63 bits per heavy atom. The van der Waals surface area contributed by atoms with Crippen LogP contribution in [0.2, 0.25) is 5.02 Å². The van der Waals surface area contributed by atoms with Crippen molar-refractivity contribution in [3.8, 4) is 0 Å².